The van der Waals surface area contributed by atoms with Crippen molar-refractivity contribution < 1.29 is 8.78 Å². The van der Waals surface area contributed by atoms with Crippen molar-refractivity contribution >= 4 is 11.8 Å². The molecule has 18 heavy (non-hydrogen) atoms. The fraction of sp³-hybridized carbons (Fsp3) is 0.571. The molecule has 4 heteroatoms. The van der Waals surface area contributed by atoms with Gasteiger partial charge in [-0.25, -0.2) is 8.78 Å². The van der Waals surface area contributed by atoms with E-state index in [0.29, 0.717) is 17.2 Å². The Morgan fingerprint density at radius 2 is 2.00 bits per heavy atom. The Labute approximate surface area is 111 Å². The highest BCUT2D eigenvalue weighted by atomic mass is 32.2. The van der Waals surface area contributed by atoms with Gasteiger partial charge in [-0.15, -0.1) is 0 Å². The summed E-state index contributed by atoms with van der Waals surface area (Å²) in [5.41, 5.74) is 6.38. The van der Waals surface area contributed by atoms with Gasteiger partial charge in [0.05, 0.1) is 0 Å². The molecule has 0 saturated heterocycles. The third-order valence-corrected chi connectivity index (χ3v) is 4.90. The number of thioether (sulfide) groups is 1. The minimum absolute atomic E-state index is 0.105. The quantitative estimate of drug-likeness (QED) is 0.887. The fourth-order valence-electron chi connectivity index (χ4n) is 2.36. The molecule has 1 aliphatic carbocycles. The van der Waals surface area contributed by atoms with Gasteiger partial charge in [0.15, 0.2) is 0 Å². The van der Waals surface area contributed by atoms with Crippen molar-refractivity contribution in [1.29, 1.82) is 0 Å². The smallest absolute Gasteiger partial charge is 0.126 e. The third kappa shape index (κ3) is 3.95. The van der Waals surface area contributed by atoms with E-state index < -0.39 is 5.82 Å². The number of rotatable bonds is 5. The number of halogens is 2. The molecule has 0 aliphatic heterocycles. The van der Waals surface area contributed by atoms with Gasteiger partial charge in [0.2, 0.25) is 0 Å². The van der Waals surface area contributed by atoms with E-state index in [0.717, 1.165) is 11.8 Å². The topological polar surface area (TPSA) is 26.0 Å². The van der Waals surface area contributed by atoms with E-state index in [1.807, 2.05) is 11.8 Å². The lowest BCUT2D eigenvalue weighted by Gasteiger charge is -2.15. The van der Waals surface area contributed by atoms with Crippen LogP contribution >= 0.6 is 11.8 Å². The molecule has 1 fully saturated rings. The summed E-state index contributed by atoms with van der Waals surface area (Å²) in [6.07, 6.45) is 5.57. The van der Waals surface area contributed by atoms with Gasteiger partial charge in [-0.3, -0.25) is 0 Å². The molecule has 2 rings (SSSR count). The standard InChI is InChI=1S/C14H19F2NS/c15-11-5-6-14(16)10(7-11)8-12(17)9-18-13-3-1-2-4-13/h5-7,12-13H,1-4,8-9,17H2. The predicted octanol–water partition coefficient (Wildman–Crippen LogP) is 3.51. The van der Waals surface area contributed by atoms with Crippen molar-refractivity contribution in [2.45, 2.75) is 43.4 Å². The molecule has 0 radical (unpaired) electrons. The van der Waals surface area contributed by atoms with E-state index in [-0.39, 0.29) is 11.9 Å². The lowest BCUT2D eigenvalue weighted by molar-refractivity contribution is 0.575. The van der Waals surface area contributed by atoms with Gasteiger partial charge in [0, 0.05) is 17.0 Å². The van der Waals surface area contributed by atoms with Crippen LogP contribution in [0.1, 0.15) is 31.2 Å². The summed E-state index contributed by atoms with van der Waals surface area (Å²) >= 11 is 1.88. The van der Waals surface area contributed by atoms with Crippen LogP contribution in [-0.2, 0) is 6.42 Å². The molecule has 0 bridgehead atoms. The zero-order valence-corrected chi connectivity index (χ0v) is 11.2. The second-order valence-corrected chi connectivity index (χ2v) is 6.27. The fourth-order valence-corrected chi connectivity index (χ4v) is 3.66. The van der Waals surface area contributed by atoms with Gasteiger partial charge < -0.3 is 5.73 Å². The largest absolute Gasteiger partial charge is 0.327 e. The average molecular weight is 271 g/mol. The highest BCUT2D eigenvalue weighted by Gasteiger charge is 2.17. The summed E-state index contributed by atoms with van der Waals surface area (Å²) in [6, 6.07) is 3.45. The normalized spacial score (nSPS) is 18.2. The summed E-state index contributed by atoms with van der Waals surface area (Å²) < 4.78 is 26.5. The van der Waals surface area contributed by atoms with Crippen molar-refractivity contribution in [3.05, 3.63) is 35.4 Å². The lowest BCUT2D eigenvalue weighted by atomic mass is 10.1. The highest BCUT2D eigenvalue weighted by Crippen LogP contribution is 2.29. The lowest BCUT2D eigenvalue weighted by Crippen LogP contribution is -2.27. The average Bonchev–Trinajstić information content (AvgIpc) is 2.84. The van der Waals surface area contributed by atoms with Crippen molar-refractivity contribution in [1.82, 2.24) is 0 Å². The Morgan fingerprint density at radius 1 is 1.28 bits per heavy atom. The van der Waals surface area contributed by atoms with E-state index in [1.165, 1.54) is 37.8 Å². The summed E-state index contributed by atoms with van der Waals surface area (Å²) in [5.74, 6) is 0.0560. The maximum atomic E-state index is 13.4. The number of nitrogens with two attached hydrogens (primary N) is 1. The van der Waals surface area contributed by atoms with E-state index in [1.54, 1.807) is 0 Å². The first-order chi connectivity index (χ1) is 8.65. The predicted molar refractivity (Wildman–Crippen MR) is 72.8 cm³/mol. The van der Waals surface area contributed by atoms with Crippen LogP contribution < -0.4 is 5.73 Å². The molecule has 0 spiro atoms. The van der Waals surface area contributed by atoms with Crippen molar-refractivity contribution in [2.24, 2.45) is 5.73 Å². The summed E-state index contributed by atoms with van der Waals surface area (Å²) in [4.78, 5) is 0. The molecule has 0 amide bonds. The van der Waals surface area contributed by atoms with E-state index in [4.69, 9.17) is 5.73 Å². The first-order valence-corrected chi connectivity index (χ1v) is 7.51. The van der Waals surface area contributed by atoms with Crippen LogP contribution in [0.5, 0.6) is 0 Å². The van der Waals surface area contributed by atoms with E-state index in [9.17, 15) is 8.78 Å². The third-order valence-electron chi connectivity index (χ3n) is 3.34. The molecule has 0 heterocycles. The Kier molecular flexibility index (Phi) is 5.01. The monoisotopic (exact) mass is 271 g/mol. The molecule has 1 nitrogen and oxygen atoms in total. The Balaban J connectivity index is 1.82. The molecule has 0 aromatic heterocycles. The maximum Gasteiger partial charge on any atom is 0.126 e. The number of benzene rings is 1. The van der Waals surface area contributed by atoms with Gasteiger partial charge in [-0.2, -0.15) is 11.8 Å². The van der Waals surface area contributed by atoms with Gasteiger partial charge >= 0.3 is 0 Å². The van der Waals surface area contributed by atoms with Gasteiger partial charge in [-0.05, 0) is 43.0 Å². The molecule has 100 valence electrons. The second kappa shape index (κ2) is 6.53. The van der Waals surface area contributed by atoms with Gasteiger partial charge in [0.25, 0.3) is 0 Å². The van der Waals surface area contributed by atoms with Crippen molar-refractivity contribution in [2.75, 3.05) is 5.75 Å². The zero-order chi connectivity index (χ0) is 13.0. The van der Waals surface area contributed by atoms with Crippen LogP contribution in [0.15, 0.2) is 18.2 Å². The van der Waals surface area contributed by atoms with Crippen LogP contribution in [0.2, 0.25) is 0 Å². The van der Waals surface area contributed by atoms with Crippen LogP contribution in [0.25, 0.3) is 0 Å². The highest BCUT2D eigenvalue weighted by molar-refractivity contribution is 7.99. The van der Waals surface area contributed by atoms with Crippen molar-refractivity contribution in [3.8, 4) is 0 Å². The molecule has 1 aromatic rings. The molecule has 1 unspecified atom stereocenters. The summed E-state index contributed by atoms with van der Waals surface area (Å²) in [6.45, 7) is 0. The Bertz CT molecular complexity index is 391. The molecule has 1 aromatic carbocycles. The second-order valence-electron chi connectivity index (χ2n) is 4.94. The van der Waals surface area contributed by atoms with Gasteiger partial charge in [0.1, 0.15) is 11.6 Å². The minimum atomic E-state index is -0.401. The van der Waals surface area contributed by atoms with Crippen LogP contribution in [0.4, 0.5) is 8.78 Å². The number of hydrogen-bond acceptors (Lipinski definition) is 2. The van der Waals surface area contributed by atoms with E-state index in [2.05, 4.69) is 0 Å². The molecule has 1 saturated carbocycles. The molecule has 2 N–H and O–H groups in total. The van der Waals surface area contributed by atoms with Crippen molar-refractivity contribution in [3.63, 3.8) is 0 Å². The van der Waals surface area contributed by atoms with E-state index >= 15 is 0 Å². The zero-order valence-electron chi connectivity index (χ0n) is 10.4. The summed E-state index contributed by atoms with van der Waals surface area (Å²) in [5, 5.41) is 0.716. The van der Waals surface area contributed by atoms with Gasteiger partial charge in [-0.1, -0.05) is 12.8 Å². The minimum Gasteiger partial charge on any atom is -0.327 e. The first kappa shape index (κ1) is 13.8. The molecular weight excluding hydrogens is 252 g/mol. The Hall–Kier alpha value is -0.610. The maximum absolute atomic E-state index is 13.4. The molecule has 1 aliphatic rings. The SMILES string of the molecule is NC(CSC1CCCC1)Cc1cc(F)ccc1F. The molecular formula is C14H19F2NS. The van der Waals surface area contributed by atoms with Crippen LogP contribution in [-0.4, -0.2) is 17.0 Å². The summed E-state index contributed by atoms with van der Waals surface area (Å²) in [7, 11) is 0. The first-order valence-electron chi connectivity index (χ1n) is 6.46. The number of hydrogen-bond donors (Lipinski definition) is 1. The van der Waals surface area contributed by atoms with Crippen LogP contribution in [0.3, 0.4) is 0 Å². The molecule has 1 atom stereocenters. The Morgan fingerprint density at radius 3 is 2.72 bits per heavy atom. The van der Waals surface area contributed by atoms with Crippen LogP contribution in [0, 0.1) is 11.6 Å².